The average molecular weight is 240 g/mol. The third-order valence-corrected chi connectivity index (χ3v) is 3.43. The molecule has 1 saturated carbocycles. The van der Waals surface area contributed by atoms with Crippen molar-refractivity contribution < 1.29 is 4.74 Å². The molecule has 0 unspecified atom stereocenters. The number of methoxy groups -OCH3 is 1. The largest absolute Gasteiger partial charge is 0.496 e. The van der Waals surface area contributed by atoms with E-state index in [1.807, 2.05) is 18.2 Å². The number of ether oxygens (including phenoxy) is 1. The SMILES string of the molecule is COc1ccc(Cl)cc1CNC1CC(C)C1. The Kier molecular flexibility index (Phi) is 3.72. The first kappa shape index (κ1) is 11.7. The van der Waals surface area contributed by atoms with Gasteiger partial charge in [0.25, 0.3) is 0 Å². The standard InChI is InChI=1S/C13H18ClNO/c1-9-5-12(6-9)15-8-10-7-11(14)3-4-13(10)16-2/h3-4,7,9,12,15H,5-6,8H2,1-2H3. The van der Waals surface area contributed by atoms with E-state index >= 15 is 0 Å². The molecule has 1 fully saturated rings. The van der Waals surface area contributed by atoms with Gasteiger partial charge in [-0.2, -0.15) is 0 Å². The van der Waals surface area contributed by atoms with Gasteiger partial charge in [0, 0.05) is 23.2 Å². The van der Waals surface area contributed by atoms with Crippen LogP contribution >= 0.6 is 11.6 Å². The molecule has 0 aromatic heterocycles. The normalized spacial score (nSPS) is 23.9. The molecule has 16 heavy (non-hydrogen) atoms. The van der Waals surface area contributed by atoms with Gasteiger partial charge in [0.05, 0.1) is 7.11 Å². The lowest BCUT2D eigenvalue weighted by atomic mass is 9.82. The maximum Gasteiger partial charge on any atom is 0.123 e. The smallest absolute Gasteiger partial charge is 0.123 e. The van der Waals surface area contributed by atoms with Gasteiger partial charge < -0.3 is 10.1 Å². The van der Waals surface area contributed by atoms with Crippen molar-refractivity contribution in [2.75, 3.05) is 7.11 Å². The van der Waals surface area contributed by atoms with Crippen LogP contribution in [0.1, 0.15) is 25.3 Å². The van der Waals surface area contributed by atoms with Crippen LogP contribution in [0.25, 0.3) is 0 Å². The van der Waals surface area contributed by atoms with E-state index in [2.05, 4.69) is 12.2 Å². The summed E-state index contributed by atoms with van der Waals surface area (Å²) in [4.78, 5) is 0. The molecule has 3 heteroatoms. The van der Waals surface area contributed by atoms with Crippen molar-refractivity contribution in [2.45, 2.75) is 32.4 Å². The summed E-state index contributed by atoms with van der Waals surface area (Å²) in [5, 5.41) is 4.29. The Morgan fingerprint density at radius 1 is 1.44 bits per heavy atom. The first-order valence-corrected chi connectivity index (χ1v) is 6.12. The summed E-state index contributed by atoms with van der Waals surface area (Å²) in [5.74, 6) is 1.78. The quantitative estimate of drug-likeness (QED) is 0.871. The van der Waals surface area contributed by atoms with Gasteiger partial charge in [0.2, 0.25) is 0 Å². The summed E-state index contributed by atoms with van der Waals surface area (Å²) >= 11 is 5.98. The molecule has 0 aliphatic heterocycles. The molecule has 2 rings (SSSR count). The van der Waals surface area contributed by atoms with Crippen LogP contribution in [0, 0.1) is 5.92 Å². The molecule has 0 saturated heterocycles. The number of benzene rings is 1. The molecule has 0 atom stereocenters. The highest BCUT2D eigenvalue weighted by Crippen LogP contribution is 2.28. The Morgan fingerprint density at radius 2 is 2.19 bits per heavy atom. The molecule has 1 aliphatic carbocycles. The van der Waals surface area contributed by atoms with E-state index in [1.54, 1.807) is 7.11 Å². The Bertz CT molecular complexity index is 361. The van der Waals surface area contributed by atoms with Gasteiger partial charge in [-0.3, -0.25) is 0 Å². The fourth-order valence-corrected chi connectivity index (χ4v) is 2.40. The molecule has 0 amide bonds. The third kappa shape index (κ3) is 2.69. The van der Waals surface area contributed by atoms with Crippen LogP contribution in [-0.2, 0) is 6.54 Å². The van der Waals surface area contributed by atoms with E-state index in [0.717, 1.165) is 28.8 Å². The summed E-state index contributed by atoms with van der Waals surface area (Å²) in [5.41, 5.74) is 1.13. The Balaban J connectivity index is 1.94. The van der Waals surface area contributed by atoms with Crippen LogP contribution < -0.4 is 10.1 Å². The highest BCUT2D eigenvalue weighted by atomic mass is 35.5. The van der Waals surface area contributed by atoms with Gasteiger partial charge in [-0.25, -0.2) is 0 Å². The van der Waals surface area contributed by atoms with Gasteiger partial charge in [0.1, 0.15) is 5.75 Å². The van der Waals surface area contributed by atoms with E-state index < -0.39 is 0 Å². The fourth-order valence-electron chi connectivity index (χ4n) is 2.21. The van der Waals surface area contributed by atoms with Gasteiger partial charge in [0.15, 0.2) is 0 Å². The number of nitrogens with one attached hydrogen (secondary N) is 1. The van der Waals surface area contributed by atoms with Crippen molar-refractivity contribution in [1.29, 1.82) is 0 Å². The van der Waals surface area contributed by atoms with Crippen LogP contribution in [0.5, 0.6) is 5.75 Å². The first-order valence-electron chi connectivity index (χ1n) is 5.75. The topological polar surface area (TPSA) is 21.3 Å². The van der Waals surface area contributed by atoms with Crippen molar-refractivity contribution in [3.8, 4) is 5.75 Å². The van der Waals surface area contributed by atoms with E-state index in [-0.39, 0.29) is 0 Å². The zero-order valence-electron chi connectivity index (χ0n) is 9.79. The van der Waals surface area contributed by atoms with Crippen LogP contribution in [-0.4, -0.2) is 13.2 Å². The zero-order valence-corrected chi connectivity index (χ0v) is 10.6. The Labute approximate surface area is 102 Å². The van der Waals surface area contributed by atoms with Crippen molar-refractivity contribution in [3.63, 3.8) is 0 Å². The summed E-state index contributed by atoms with van der Waals surface area (Å²) in [6.45, 7) is 3.12. The first-order chi connectivity index (χ1) is 7.69. The molecule has 1 aliphatic rings. The monoisotopic (exact) mass is 239 g/mol. The minimum Gasteiger partial charge on any atom is -0.496 e. The summed E-state index contributed by atoms with van der Waals surface area (Å²) in [7, 11) is 1.69. The van der Waals surface area contributed by atoms with Gasteiger partial charge in [-0.1, -0.05) is 18.5 Å². The Morgan fingerprint density at radius 3 is 2.81 bits per heavy atom. The summed E-state index contributed by atoms with van der Waals surface area (Å²) in [6, 6.07) is 6.41. The average Bonchev–Trinajstić information content (AvgIpc) is 2.23. The maximum absolute atomic E-state index is 5.98. The third-order valence-electron chi connectivity index (χ3n) is 3.20. The van der Waals surface area contributed by atoms with E-state index in [0.29, 0.717) is 6.04 Å². The van der Waals surface area contributed by atoms with Crippen LogP contribution in [0.2, 0.25) is 5.02 Å². The van der Waals surface area contributed by atoms with Crippen LogP contribution in [0.15, 0.2) is 18.2 Å². The summed E-state index contributed by atoms with van der Waals surface area (Å²) < 4.78 is 5.31. The second kappa shape index (κ2) is 5.07. The molecular formula is C13H18ClNO. The number of rotatable bonds is 4. The van der Waals surface area contributed by atoms with Crippen molar-refractivity contribution in [2.24, 2.45) is 5.92 Å². The lowest BCUT2D eigenvalue weighted by Gasteiger charge is -2.33. The van der Waals surface area contributed by atoms with Gasteiger partial charge >= 0.3 is 0 Å². The maximum atomic E-state index is 5.98. The molecule has 0 radical (unpaired) electrons. The van der Waals surface area contributed by atoms with E-state index in [4.69, 9.17) is 16.3 Å². The number of hydrogen-bond acceptors (Lipinski definition) is 2. The molecule has 1 N–H and O–H groups in total. The number of hydrogen-bond donors (Lipinski definition) is 1. The molecule has 0 spiro atoms. The number of halogens is 1. The fraction of sp³-hybridized carbons (Fsp3) is 0.538. The molecule has 88 valence electrons. The van der Waals surface area contributed by atoms with Gasteiger partial charge in [-0.15, -0.1) is 0 Å². The van der Waals surface area contributed by atoms with Crippen LogP contribution in [0.3, 0.4) is 0 Å². The summed E-state index contributed by atoms with van der Waals surface area (Å²) in [6.07, 6.45) is 2.56. The molecular weight excluding hydrogens is 222 g/mol. The minimum atomic E-state index is 0.665. The molecule has 1 aromatic rings. The van der Waals surface area contributed by atoms with Crippen LogP contribution in [0.4, 0.5) is 0 Å². The second-order valence-electron chi connectivity index (χ2n) is 4.61. The van der Waals surface area contributed by atoms with Crippen molar-refractivity contribution in [3.05, 3.63) is 28.8 Å². The zero-order chi connectivity index (χ0) is 11.5. The predicted molar refractivity (Wildman–Crippen MR) is 67.0 cm³/mol. The second-order valence-corrected chi connectivity index (χ2v) is 5.05. The Hall–Kier alpha value is -0.730. The molecule has 2 nitrogen and oxygen atoms in total. The predicted octanol–water partition coefficient (Wildman–Crippen LogP) is 3.24. The van der Waals surface area contributed by atoms with Crippen molar-refractivity contribution >= 4 is 11.6 Å². The highest BCUT2D eigenvalue weighted by molar-refractivity contribution is 6.30. The van der Waals surface area contributed by atoms with E-state index in [1.165, 1.54) is 12.8 Å². The van der Waals surface area contributed by atoms with Gasteiger partial charge in [-0.05, 0) is 37.0 Å². The molecule has 1 aromatic carbocycles. The lowest BCUT2D eigenvalue weighted by molar-refractivity contribution is 0.239. The minimum absolute atomic E-state index is 0.665. The highest BCUT2D eigenvalue weighted by Gasteiger charge is 2.24. The molecule has 0 bridgehead atoms. The lowest BCUT2D eigenvalue weighted by Crippen LogP contribution is -2.39. The van der Waals surface area contributed by atoms with E-state index in [9.17, 15) is 0 Å². The van der Waals surface area contributed by atoms with Crippen molar-refractivity contribution in [1.82, 2.24) is 5.32 Å². The molecule has 0 heterocycles.